The SMILES string of the molecule is CC(CCC(=O)N1CCN(C(c2ccccc2)c2nccn2C)CC1)N1CCCC1. The molecule has 2 aliphatic rings. The predicted octanol–water partition coefficient (Wildman–Crippen LogP) is 2.92. The summed E-state index contributed by atoms with van der Waals surface area (Å²) in [7, 11) is 2.06. The van der Waals surface area contributed by atoms with Crippen molar-refractivity contribution >= 4 is 5.91 Å². The summed E-state index contributed by atoms with van der Waals surface area (Å²) in [6, 6.07) is 11.2. The summed E-state index contributed by atoms with van der Waals surface area (Å²) in [6.07, 6.45) is 8.12. The first-order chi connectivity index (χ1) is 14.6. The molecule has 2 unspecified atom stereocenters. The molecule has 162 valence electrons. The van der Waals surface area contributed by atoms with Crippen molar-refractivity contribution in [3.05, 3.63) is 54.1 Å². The minimum Gasteiger partial charge on any atom is -0.340 e. The lowest BCUT2D eigenvalue weighted by Crippen LogP contribution is -2.50. The number of amides is 1. The minimum atomic E-state index is 0.124. The molecule has 0 bridgehead atoms. The molecule has 4 rings (SSSR count). The van der Waals surface area contributed by atoms with Gasteiger partial charge in [-0.1, -0.05) is 30.3 Å². The molecule has 1 aromatic carbocycles. The third kappa shape index (κ3) is 4.76. The van der Waals surface area contributed by atoms with Gasteiger partial charge in [0, 0.05) is 58.1 Å². The summed E-state index contributed by atoms with van der Waals surface area (Å²) in [4.78, 5) is 24.5. The highest BCUT2D eigenvalue weighted by molar-refractivity contribution is 5.76. The Morgan fingerprint density at radius 3 is 2.33 bits per heavy atom. The fraction of sp³-hybridized carbons (Fsp3) is 0.583. The average Bonchev–Trinajstić information content (AvgIpc) is 3.46. The van der Waals surface area contributed by atoms with Gasteiger partial charge in [0.05, 0.1) is 6.04 Å². The van der Waals surface area contributed by atoms with Crippen molar-refractivity contribution in [2.75, 3.05) is 39.3 Å². The number of rotatable bonds is 7. The van der Waals surface area contributed by atoms with Crippen LogP contribution in [-0.2, 0) is 11.8 Å². The first kappa shape index (κ1) is 21.1. The molecule has 0 saturated carbocycles. The Bertz CT molecular complexity index is 806. The third-order valence-electron chi connectivity index (χ3n) is 6.79. The lowest BCUT2D eigenvalue weighted by atomic mass is 10.0. The van der Waals surface area contributed by atoms with Crippen molar-refractivity contribution in [3.8, 4) is 0 Å². The zero-order valence-electron chi connectivity index (χ0n) is 18.4. The molecule has 0 radical (unpaired) electrons. The van der Waals surface area contributed by atoms with Crippen LogP contribution in [0.5, 0.6) is 0 Å². The molecule has 1 aromatic heterocycles. The van der Waals surface area contributed by atoms with Crippen molar-refractivity contribution < 1.29 is 4.79 Å². The summed E-state index contributed by atoms with van der Waals surface area (Å²) in [5.41, 5.74) is 1.26. The van der Waals surface area contributed by atoms with Gasteiger partial charge < -0.3 is 14.4 Å². The number of imidazole rings is 1. The molecule has 0 spiro atoms. The zero-order valence-corrected chi connectivity index (χ0v) is 18.4. The topological polar surface area (TPSA) is 44.6 Å². The largest absolute Gasteiger partial charge is 0.340 e. The number of likely N-dealkylation sites (tertiary alicyclic amines) is 1. The molecular formula is C24H35N5O. The van der Waals surface area contributed by atoms with Gasteiger partial charge in [-0.3, -0.25) is 9.69 Å². The molecule has 6 nitrogen and oxygen atoms in total. The normalized spacial score (nSPS) is 20.4. The van der Waals surface area contributed by atoms with E-state index in [9.17, 15) is 4.79 Å². The molecule has 30 heavy (non-hydrogen) atoms. The number of carbonyl (C=O) groups excluding carboxylic acids is 1. The van der Waals surface area contributed by atoms with Gasteiger partial charge in [0.1, 0.15) is 5.82 Å². The predicted molar refractivity (Wildman–Crippen MR) is 119 cm³/mol. The van der Waals surface area contributed by atoms with Crippen LogP contribution in [0.1, 0.15) is 50.0 Å². The second kappa shape index (κ2) is 9.75. The molecule has 0 aliphatic carbocycles. The van der Waals surface area contributed by atoms with Gasteiger partial charge in [-0.2, -0.15) is 0 Å². The van der Waals surface area contributed by atoms with Crippen molar-refractivity contribution in [1.29, 1.82) is 0 Å². The number of nitrogens with zero attached hydrogens (tertiary/aromatic N) is 5. The molecule has 2 aliphatic heterocycles. The van der Waals surface area contributed by atoms with Gasteiger partial charge in [-0.05, 0) is 44.8 Å². The van der Waals surface area contributed by atoms with E-state index in [0.29, 0.717) is 18.4 Å². The Morgan fingerprint density at radius 1 is 1.00 bits per heavy atom. The minimum absolute atomic E-state index is 0.124. The number of piperazine rings is 1. The molecule has 2 fully saturated rings. The number of benzene rings is 1. The maximum Gasteiger partial charge on any atom is 0.222 e. The molecule has 1 amide bonds. The quantitative estimate of drug-likeness (QED) is 0.705. The number of aryl methyl sites for hydroxylation is 1. The van der Waals surface area contributed by atoms with Crippen LogP contribution in [0.3, 0.4) is 0 Å². The third-order valence-corrected chi connectivity index (χ3v) is 6.79. The van der Waals surface area contributed by atoms with Crippen LogP contribution < -0.4 is 0 Å². The van der Waals surface area contributed by atoms with E-state index in [-0.39, 0.29) is 6.04 Å². The van der Waals surface area contributed by atoms with E-state index in [2.05, 4.69) is 68.6 Å². The van der Waals surface area contributed by atoms with Gasteiger partial charge in [0.25, 0.3) is 0 Å². The van der Waals surface area contributed by atoms with Crippen molar-refractivity contribution in [3.63, 3.8) is 0 Å². The molecule has 2 atom stereocenters. The van der Waals surface area contributed by atoms with E-state index in [0.717, 1.165) is 38.4 Å². The van der Waals surface area contributed by atoms with Crippen LogP contribution in [-0.4, -0.2) is 75.5 Å². The summed E-state index contributed by atoms with van der Waals surface area (Å²) < 4.78 is 2.11. The lowest BCUT2D eigenvalue weighted by Gasteiger charge is -2.39. The number of aromatic nitrogens is 2. The maximum atomic E-state index is 12.8. The van der Waals surface area contributed by atoms with E-state index in [1.54, 1.807) is 0 Å². The molecular weight excluding hydrogens is 374 g/mol. The van der Waals surface area contributed by atoms with Gasteiger partial charge >= 0.3 is 0 Å². The van der Waals surface area contributed by atoms with E-state index in [4.69, 9.17) is 0 Å². The van der Waals surface area contributed by atoms with E-state index >= 15 is 0 Å². The number of hydrogen-bond acceptors (Lipinski definition) is 4. The highest BCUT2D eigenvalue weighted by Crippen LogP contribution is 2.28. The first-order valence-electron chi connectivity index (χ1n) is 11.4. The van der Waals surface area contributed by atoms with Crippen molar-refractivity contribution in [2.24, 2.45) is 7.05 Å². The summed E-state index contributed by atoms with van der Waals surface area (Å²) in [5.74, 6) is 1.37. The van der Waals surface area contributed by atoms with E-state index in [1.165, 1.54) is 31.5 Å². The highest BCUT2D eigenvalue weighted by Gasteiger charge is 2.30. The van der Waals surface area contributed by atoms with E-state index < -0.39 is 0 Å². The van der Waals surface area contributed by atoms with Gasteiger partial charge in [0.15, 0.2) is 0 Å². The number of hydrogen-bond donors (Lipinski definition) is 0. The van der Waals surface area contributed by atoms with Gasteiger partial charge in [-0.15, -0.1) is 0 Å². The van der Waals surface area contributed by atoms with Crippen molar-refractivity contribution in [2.45, 2.75) is 44.7 Å². The Morgan fingerprint density at radius 2 is 1.70 bits per heavy atom. The standard InChI is InChI=1S/C24H35N5O/c1-20(27-13-6-7-14-27)10-11-22(30)28-16-18-29(19-17-28)23(21-8-4-3-5-9-21)24-25-12-15-26(24)2/h3-5,8-9,12,15,20,23H,6-7,10-11,13-14,16-19H2,1-2H3. The van der Waals surface area contributed by atoms with Gasteiger partial charge in [0.2, 0.25) is 5.91 Å². The summed E-state index contributed by atoms with van der Waals surface area (Å²) >= 11 is 0. The van der Waals surface area contributed by atoms with Crippen LogP contribution in [0.25, 0.3) is 0 Å². The Labute approximate surface area is 180 Å². The molecule has 2 aromatic rings. The smallest absolute Gasteiger partial charge is 0.222 e. The molecule has 2 saturated heterocycles. The zero-order chi connectivity index (χ0) is 20.9. The Balaban J connectivity index is 1.35. The second-order valence-corrected chi connectivity index (χ2v) is 8.76. The van der Waals surface area contributed by atoms with Crippen LogP contribution in [0.4, 0.5) is 0 Å². The Kier molecular flexibility index (Phi) is 6.85. The van der Waals surface area contributed by atoms with E-state index in [1.807, 2.05) is 12.4 Å². The monoisotopic (exact) mass is 409 g/mol. The molecule has 3 heterocycles. The van der Waals surface area contributed by atoms with Crippen molar-refractivity contribution in [1.82, 2.24) is 24.3 Å². The Hall–Kier alpha value is -2.18. The lowest BCUT2D eigenvalue weighted by molar-refractivity contribution is -0.133. The van der Waals surface area contributed by atoms with Crippen LogP contribution >= 0.6 is 0 Å². The number of carbonyl (C=O) groups is 1. The van der Waals surface area contributed by atoms with Crippen LogP contribution in [0.15, 0.2) is 42.7 Å². The molecule has 6 heteroatoms. The second-order valence-electron chi connectivity index (χ2n) is 8.76. The van der Waals surface area contributed by atoms with Crippen LogP contribution in [0, 0.1) is 0 Å². The summed E-state index contributed by atoms with van der Waals surface area (Å²) in [5, 5.41) is 0. The van der Waals surface area contributed by atoms with Gasteiger partial charge in [-0.25, -0.2) is 4.98 Å². The van der Waals surface area contributed by atoms with Crippen LogP contribution in [0.2, 0.25) is 0 Å². The first-order valence-corrected chi connectivity index (χ1v) is 11.4. The highest BCUT2D eigenvalue weighted by atomic mass is 16.2. The summed E-state index contributed by atoms with van der Waals surface area (Å²) in [6.45, 7) is 8.01. The fourth-order valence-corrected chi connectivity index (χ4v) is 4.88. The fourth-order valence-electron chi connectivity index (χ4n) is 4.88. The average molecular weight is 410 g/mol. The maximum absolute atomic E-state index is 12.8. The molecule has 0 N–H and O–H groups in total.